The molecule has 0 aliphatic heterocycles. The molecule has 25 heavy (non-hydrogen) atoms. The number of H-pyrrole nitrogens is 1. The highest BCUT2D eigenvalue weighted by Crippen LogP contribution is 2.33. The van der Waals surface area contributed by atoms with Crippen LogP contribution in [-0.2, 0) is 0 Å². The Balaban J connectivity index is 0.00000225. The average molecular weight is 360 g/mol. The topological polar surface area (TPSA) is 31.9 Å². The highest BCUT2D eigenvalue weighted by atomic mass is 35.5. The molecule has 0 spiro atoms. The summed E-state index contributed by atoms with van der Waals surface area (Å²) in [4.78, 5) is 10.2. The van der Waals surface area contributed by atoms with Crippen molar-refractivity contribution in [2.45, 2.75) is 26.3 Å². The third-order valence-corrected chi connectivity index (χ3v) is 4.67. The molecule has 0 amide bonds. The first-order valence-electron chi connectivity index (χ1n) is 8.06. The lowest BCUT2D eigenvalue weighted by Gasteiger charge is -2.29. The van der Waals surface area contributed by atoms with Gasteiger partial charge in [0, 0.05) is 30.0 Å². The molecule has 5 heteroatoms. The number of nitrogens with zero attached hydrogens (tertiary/aromatic N) is 2. The van der Waals surface area contributed by atoms with Crippen LogP contribution in [0.3, 0.4) is 0 Å². The van der Waals surface area contributed by atoms with Crippen LogP contribution in [0.1, 0.15) is 29.4 Å². The summed E-state index contributed by atoms with van der Waals surface area (Å²) < 4.78 is 13.2. The second-order valence-electron chi connectivity index (χ2n) is 6.12. The zero-order valence-electron chi connectivity index (χ0n) is 14.7. The molecule has 1 N–H and O–H groups in total. The zero-order valence-corrected chi connectivity index (χ0v) is 15.5. The van der Waals surface area contributed by atoms with Gasteiger partial charge in [0.05, 0.1) is 17.3 Å². The van der Waals surface area contributed by atoms with Crippen LogP contribution in [-0.4, -0.2) is 17.0 Å². The fraction of sp³-hybridized carbons (Fsp3) is 0.250. The molecule has 3 rings (SSSR count). The van der Waals surface area contributed by atoms with Gasteiger partial charge in [-0.15, -0.1) is 19.0 Å². The minimum atomic E-state index is -0.233. The molecule has 0 bridgehead atoms. The second kappa shape index (κ2) is 7.70. The van der Waals surface area contributed by atoms with Crippen LogP contribution in [0.4, 0.5) is 10.1 Å². The van der Waals surface area contributed by atoms with Gasteiger partial charge < -0.3 is 9.88 Å². The maximum Gasteiger partial charge on any atom is 0.123 e. The van der Waals surface area contributed by atoms with Crippen molar-refractivity contribution < 1.29 is 4.39 Å². The molecule has 0 aliphatic carbocycles. The van der Waals surface area contributed by atoms with Gasteiger partial charge in [-0.3, -0.25) is 4.98 Å². The number of aromatic nitrogens is 2. The van der Waals surface area contributed by atoms with Crippen molar-refractivity contribution in [3.8, 4) is 0 Å². The Bertz CT molecular complexity index is 871. The largest absolute Gasteiger partial charge is 0.366 e. The van der Waals surface area contributed by atoms with Gasteiger partial charge in [-0.2, -0.15) is 0 Å². The van der Waals surface area contributed by atoms with Crippen LogP contribution in [0.5, 0.6) is 0 Å². The van der Waals surface area contributed by atoms with Crippen molar-refractivity contribution in [3.63, 3.8) is 0 Å². The monoisotopic (exact) mass is 359 g/mol. The number of halogens is 2. The van der Waals surface area contributed by atoms with Gasteiger partial charge in [-0.25, -0.2) is 4.39 Å². The molecular formula is C20H23ClFN3. The van der Waals surface area contributed by atoms with E-state index in [1.54, 1.807) is 12.1 Å². The van der Waals surface area contributed by atoms with E-state index in [4.69, 9.17) is 0 Å². The third kappa shape index (κ3) is 3.54. The maximum atomic E-state index is 13.2. The first-order chi connectivity index (χ1) is 11.5. The number of rotatable bonds is 5. The molecule has 132 valence electrons. The minimum absolute atomic E-state index is 0. The van der Waals surface area contributed by atoms with Gasteiger partial charge in [0.25, 0.3) is 0 Å². The quantitative estimate of drug-likeness (QED) is 0.610. The molecule has 0 radical (unpaired) electrons. The second-order valence-corrected chi connectivity index (χ2v) is 6.12. The molecule has 3 aromatic rings. The van der Waals surface area contributed by atoms with E-state index in [-0.39, 0.29) is 24.3 Å². The van der Waals surface area contributed by atoms with Crippen LogP contribution >= 0.6 is 12.4 Å². The Morgan fingerprint density at radius 1 is 1.24 bits per heavy atom. The van der Waals surface area contributed by atoms with Gasteiger partial charge in [0.1, 0.15) is 5.82 Å². The predicted molar refractivity (Wildman–Crippen MR) is 105 cm³/mol. The summed E-state index contributed by atoms with van der Waals surface area (Å²) in [5.74, 6) is -0.233. The Morgan fingerprint density at radius 3 is 2.56 bits per heavy atom. The first-order valence-corrected chi connectivity index (χ1v) is 8.06. The van der Waals surface area contributed by atoms with E-state index in [0.717, 1.165) is 29.0 Å². The molecule has 0 saturated heterocycles. The predicted octanol–water partition coefficient (Wildman–Crippen LogP) is 5.49. The van der Waals surface area contributed by atoms with Crippen molar-refractivity contribution in [2.75, 3.05) is 11.9 Å². The third-order valence-electron chi connectivity index (χ3n) is 4.67. The number of pyridine rings is 1. The lowest BCUT2D eigenvalue weighted by Crippen LogP contribution is -2.25. The standard InChI is InChI=1S/C20H22FN3.ClH/c1-5-6-18(24(4)16-9-7-15(21)8-10-16)20-19-17(11-12-22-20)13(2)14(3)23-19;/h5,7-12,18,23H,1,6H2,2-4H3;1H. The fourth-order valence-corrected chi connectivity index (χ4v) is 3.12. The Morgan fingerprint density at radius 2 is 1.92 bits per heavy atom. The Labute approximate surface area is 154 Å². The van der Waals surface area contributed by atoms with Crippen molar-refractivity contribution in [2.24, 2.45) is 0 Å². The van der Waals surface area contributed by atoms with E-state index in [2.05, 4.69) is 35.3 Å². The number of benzene rings is 1. The summed E-state index contributed by atoms with van der Waals surface area (Å²) in [6, 6.07) is 8.60. The van der Waals surface area contributed by atoms with E-state index in [1.807, 2.05) is 25.4 Å². The Kier molecular flexibility index (Phi) is 5.85. The molecule has 3 nitrogen and oxygen atoms in total. The van der Waals surface area contributed by atoms with Gasteiger partial charge in [0.2, 0.25) is 0 Å². The lowest BCUT2D eigenvalue weighted by molar-refractivity contribution is 0.625. The van der Waals surface area contributed by atoms with Crippen molar-refractivity contribution in [1.29, 1.82) is 0 Å². The molecule has 0 fully saturated rings. The smallest absolute Gasteiger partial charge is 0.123 e. The van der Waals surface area contributed by atoms with E-state index < -0.39 is 0 Å². The average Bonchev–Trinajstić information content (AvgIpc) is 2.88. The van der Waals surface area contributed by atoms with Crippen LogP contribution in [0.2, 0.25) is 0 Å². The number of nitrogens with one attached hydrogen (secondary N) is 1. The molecule has 1 aromatic carbocycles. The maximum absolute atomic E-state index is 13.2. The number of fused-ring (bicyclic) bond motifs is 1. The van der Waals surface area contributed by atoms with E-state index >= 15 is 0 Å². The summed E-state index contributed by atoms with van der Waals surface area (Å²) in [7, 11) is 2.00. The summed E-state index contributed by atoms with van der Waals surface area (Å²) in [5.41, 5.74) is 5.39. The van der Waals surface area contributed by atoms with E-state index in [1.165, 1.54) is 23.1 Å². The highest BCUT2D eigenvalue weighted by molar-refractivity contribution is 5.86. The number of aromatic amines is 1. The van der Waals surface area contributed by atoms with Gasteiger partial charge in [-0.1, -0.05) is 6.08 Å². The molecule has 1 atom stereocenters. The molecular weight excluding hydrogens is 337 g/mol. The highest BCUT2D eigenvalue weighted by Gasteiger charge is 2.22. The van der Waals surface area contributed by atoms with Crippen molar-refractivity contribution in [3.05, 3.63) is 72.0 Å². The molecule has 0 aliphatic rings. The molecule has 2 heterocycles. The summed E-state index contributed by atoms with van der Waals surface area (Å²) in [6.07, 6.45) is 4.50. The van der Waals surface area contributed by atoms with Crippen LogP contribution in [0, 0.1) is 19.7 Å². The molecule has 1 unspecified atom stereocenters. The summed E-state index contributed by atoms with van der Waals surface area (Å²) in [5, 5.41) is 1.19. The van der Waals surface area contributed by atoms with Crippen LogP contribution < -0.4 is 4.90 Å². The number of anilines is 1. The zero-order chi connectivity index (χ0) is 17.3. The number of aryl methyl sites for hydroxylation is 2. The summed E-state index contributed by atoms with van der Waals surface area (Å²) >= 11 is 0. The van der Waals surface area contributed by atoms with E-state index in [9.17, 15) is 4.39 Å². The number of hydrogen-bond donors (Lipinski definition) is 1. The lowest BCUT2D eigenvalue weighted by atomic mass is 10.0. The van der Waals surface area contributed by atoms with Gasteiger partial charge in [-0.05, 0) is 56.2 Å². The van der Waals surface area contributed by atoms with Crippen molar-refractivity contribution in [1.82, 2.24) is 9.97 Å². The minimum Gasteiger partial charge on any atom is -0.366 e. The van der Waals surface area contributed by atoms with E-state index in [0.29, 0.717) is 0 Å². The van der Waals surface area contributed by atoms with Gasteiger partial charge >= 0.3 is 0 Å². The molecule has 0 saturated carbocycles. The molecule has 2 aromatic heterocycles. The first kappa shape index (κ1) is 19.0. The normalized spacial score (nSPS) is 11.8. The van der Waals surface area contributed by atoms with Crippen LogP contribution in [0.15, 0.2) is 49.2 Å². The fourth-order valence-electron chi connectivity index (χ4n) is 3.12. The van der Waals surface area contributed by atoms with Crippen molar-refractivity contribution >= 4 is 29.0 Å². The van der Waals surface area contributed by atoms with Crippen LogP contribution in [0.25, 0.3) is 10.9 Å². The van der Waals surface area contributed by atoms with Gasteiger partial charge in [0.15, 0.2) is 0 Å². The number of hydrogen-bond acceptors (Lipinski definition) is 2. The summed E-state index contributed by atoms with van der Waals surface area (Å²) in [6.45, 7) is 8.08. The SMILES string of the molecule is C=CCC(c1nccc2c(C)c(C)[nH]c12)N(C)c1ccc(F)cc1.Cl. The Hall–Kier alpha value is -2.33.